The van der Waals surface area contributed by atoms with E-state index < -0.39 is 0 Å². The molecule has 98 valence electrons. The number of hydrogen-bond acceptors (Lipinski definition) is 3. The van der Waals surface area contributed by atoms with Crippen LogP contribution in [0.15, 0.2) is 54.6 Å². The second-order valence-corrected chi connectivity index (χ2v) is 4.14. The van der Waals surface area contributed by atoms with Gasteiger partial charge in [-0.3, -0.25) is 4.79 Å². The summed E-state index contributed by atoms with van der Waals surface area (Å²) in [5.41, 5.74) is 7.53. The van der Waals surface area contributed by atoms with Crippen molar-refractivity contribution in [2.75, 3.05) is 23.8 Å². The van der Waals surface area contributed by atoms with Crippen LogP contribution in [0.3, 0.4) is 0 Å². The van der Waals surface area contributed by atoms with E-state index in [-0.39, 0.29) is 19.1 Å². The molecule has 4 nitrogen and oxygen atoms in total. The van der Waals surface area contributed by atoms with Crippen molar-refractivity contribution in [3.05, 3.63) is 60.2 Å². The second-order valence-electron chi connectivity index (χ2n) is 4.14. The molecule has 0 fully saturated rings. The molecule has 0 aliphatic carbocycles. The normalized spacial score (nSPS) is 10.2. The van der Waals surface area contributed by atoms with Crippen molar-refractivity contribution in [3.8, 4) is 0 Å². The van der Waals surface area contributed by atoms with Gasteiger partial charge in [0.1, 0.15) is 0 Å². The highest BCUT2D eigenvalue weighted by Gasteiger charge is 2.16. The minimum atomic E-state index is -0.153. The molecule has 4 heteroatoms. The van der Waals surface area contributed by atoms with Crippen LogP contribution >= 0.6 is 0 Å². The Balaban J connectivity index is 2.29. The Hall–Kier alpha value is -2.33. The zero-order chi connectivity index (χ0) is 13.7. The smallest absolute Gasteiger partial charge is 0.258 e. The Morgan fingerprint density at radius 3 is 2.26 bits per heavy atom. The molecule has 3 N–H and O–H groups in total. The predicted molar refractivity (Wildman–Crippen MR) is 76.1 cm³/mol. The second kappa shape index (κ2) is 6.02. The van der Waals surface area contributed by atoms with Gasteiger partial charge in [-0.25, -0.2) is 0 Å². The van der Waals surface area contributed by atoms with Crippen LogP contribution in [0.4, 0.5) is 11.4 Å². The lowest BCUT2D eigenvalue weighted by Gasteiger charge is -2.22. The molecule has 0 radical (unpaired) electrons. The first kappa shape index (κ1) is 13.1. The molecule has 2 aromatic rings. The van der Waals surface area contributed by atoms with Gasteiger partial charge in [-0.2, -0.15) is 0 Å². The van der Waals surface area contributed by atoms with E-state index in [0.29, 0.717) is 11.3 Å². The van der Waals surface area contributed by atoms with E-state index in [0.717, 1.165) is 5.69 Å². The van der Waals surface area contributed by atoms with Gasteiger partial charge in [-0.1, -0.05) is 18.2 Å². The van der Waals surface area contributed by atoms with E-state index >= 15 is 0 Å². The van der Waals surface area contributed by atoms with E-state index in [4.69, 9.17) is 10.8 Å². The summed E-state index contributed by atoms with van der Waals surface area (Å²) >= 11 is 0. The lowest BCUT2D eigenvalue weighted by atomic mass is 10.1. The first-order valence-corrected chi connectivity index (χ1v) is 6.05. The summed E-state index contributed by atoms with van der Waals surface area (Å²) in [5, 5.41) is 9.12. The van der Waals surface area contributed by atoms with Crippen molar-refractivity contribution in [2.24, 2.45) is 0 Å². The molecule has 0 atom stereocenters. The molecule has 1 amide bonds. The third-order valence-electron chi connectivity index (χ3n) is 2.79. The Morgan fingerprint density at radius 1 is 1.05 bits per heavy atom. The van der Waals surface area contributed by atoms with Crippen LogP contribution in [0.25, 0.3) is 0 Å². The molecule has 0 aliphatic heterocycles. The molecule has 2 aromatic carbocycles. The van der Waals surface area contributed by atoms with E-state index in [9.17, 15) is 4.79 Å². The fourth-order valence-electron chi connectivity index (χ4n) is 1.84. The zero-order valence-corrected chi connectivity index (χ0v) is 10.5. The fourth-order valence-corrected chi connectivity index (χ4v) is 1.84. The summed E-state index contributed by atoms with van der Waals surface area (Å²) in [6.45, 7) is 0.169. The van der Waals surface area contributed by atoms with Gasteiger partial charge >= 0.3 is 0 Å². The number of para-hydroxylation sites is 1. The van der Waals surface area contributed by atoms with Crippen molar-refractivity contribution < 1.29 is 9.90 Å². The van der Waals surface area contributed by atoms with Gasteiger partial charge in [0.15, 0.2) is 0 Å². The van der Waals surface area contributed by atoms with Crippen molar-refractivity contribution in [3.63, 3.8) is 0 Å². The van der Waals surface area contributed by atoms with Crippen molar-refractivity contribution in [1.82, 2.24) is 0 Å². The van der Waals surface area contributed by atoms with Crippen molar-refractivity contribution in [2.45, 2.75) is 0 Å². The number of benzene rings is 2. The van der Waals surface area contributed by atoms with Crippen LogP contribution in [0, 0.1) is 0 Å². The van der Waals surface area contributed by atoms with Crippen molar-refractivity contribution >= 4 is 17.3 Å². The molecule has 0 aromatic heterocycles. The molecule has 0 aliphatic rings. The number of anilines is 2. The summed E-state index contributed by atoms with van der Waals surface area (Å²) in [7, 11) is 0. The SMILES string of the molecule is Nc1ccc(C(=O)N(CCO)c2ccccc2)cc1. The Bertz CT molecular complexity index is 538. The average molecular weight is 256 g/mol. The topological polar surface area (TPSA) is 66.6 Å². The maximum Gasteiger partial charge on any atom is 0.258 e. The number of carbonyl (C=O) groups is 1. The average Bonchev–Trinajstić information content (AvgIpc) is 2.46. The number of aliphatic hydroxyl groups is 1. The van der Waals surface area contributed by atoms with Gasteiger partial charge < -0.3 is 15.7 Å². The number of amides is 1. The Morgan fingerprint density at radius 2 is 1.68 bits per heavy atom. The molecule has 0 unspecified atom stereocenters. The molecular formula is C15H16N2O2. The van der Waals surface area contributed by atoms with E-state index in [2.05, 4.69) is 0 Å². The molecule has 0 saturated carbocycles. The summed E-state index contributed by atoms with van der Waals surface area (Å²) in [6.07, 6.45) is 0. The number of nitrogens with two attached hydrogens (primary N) is 1. The number of rotatable bonds is 4. The van der Waals surface area contributed by atoms with E-state index in [1.165, 1.54) is 0 Å². The largest absolute Gasteiger partial charge is 0.399 e. The zero-order valence-electron chi connectivity index (χ0n) is 10.5. The number of nitrogens with zero attached hydrogens (tertiary/aromatic N) is 1. The lowest BCUT2D eigenvalue weighted by molar-refractivity contribution is 0.0981. The number of hydrogen-bond donors (Lipinski definition) is 2. The molecule has 0 spiro atoms. The minimum absolute atomic E-state index is 0.0877. The summed E-state index contributed by atoms with van der Waals surface area (Å²) in [4.78, 5) is 14.0. The third-order valence-corrected chi connectivity index (χ3v) is 2.79. The van der Waals surface area contributed by atoms with Gasteiger partial charge in [-0.05, 0) is 36.4 Å². The summed E-state index contributed by atoms with van der Waals surface area (Å²) in [5.74, 6) is -0.153. The third kappa shape index (κ3) is 3.11. The maximum atomic E-state index is 12.4. The van der Waals surface area contributed by atoms with Crippen molar-refractivity contribution in [1.29, 1.82) is 0 Å². The number of carbonyl (C=O) groups excluding carboxylic acids is 1. The summed E-state index contributed by atoms with van der Waals surface area (Å²) < 4.78 is 0. The van der Waals surface area contributed by atoms with Crippen LogP contribution in [0.1, 0.15) is 10.4 Å². The molecule has 0 heterocycles. The maximum absolute atomic E-state index is 12.4. The van der Waals surface area contributed by atoms with Gasteiger partial charge in [0.25, 0.3) is 5.91 Å². The highest BCUT2D eigenvalue weighted by molar-refractivity contribution is 6.06. The van der Waals surface area contributed by atoms with E-state index in [1.807, 2.05) is 30.3 Å². The molecule has 19 heavy (non-hydrogen) atoms. The predicted octanol–water partition coefficient (Wildman–Crippen LogP) is 1.91. The van der Waals surface area contributed by atoms with Crippen LogP contribution in [0.2, 0.25) is 0 Å². The molecule has 0 bridgehead atoms. The first-order valence-electron chi connectivity index (χ1n) is 6.05. The lowest BCUT2D eigenvalue weighted by Crippen LogP contribution is -2.33. The first-order chi connectivity index (χ1) is 9.22. The summed E-state index contributed by atoms with van der Waals surface area (Å²) in [6, 6.07) is 16.0. The Kier molecular flexibility index (Phi) is 4.15. The Labute approximate surface area is 112 Å². The van der Waals surface area contributed by atoms with E-state index in [1.54, 1.807) is 29.2 Å². The number of nitrogen functional groups attached to an aromatic ring is 1. The van der Waals surface area contributed by atoms with Gasteiger partial charge in [0.2, 0.25) is 0 Å². The highest BCUT2D eigenvalue weighted by atomic mass is 16.3. The van der Waals surface area contributed by atoms with Crippen LogP contribution < -0.4 is 10.6 Å². The van der Waals surface area contributed by atoms with Crippen LogP contribution in [-0.2, 0) is 0 Å². The van der Waals surface area contributed by atoms with Crippen LogP contribution in [-0.4, -0.2) is 24.2 Å². The molecule has 0 saturated heterocycles. The quantitative estimate of drug-likeness (QED) is 0.821. The van der Waals surface area contributed by atoms with Gasteiger partial charge in [-0.15, -0.1) is 0 Å². The fraction of sp³-hybridized carbons (Fsp3) is 0.133. The monoisotopic (exact) mass is 256 g/mol. The number of aliphatic hydroxyl groups excluding tert-OH is 1. The van der Waals surface area contributed by atoms with Gasteiger partial charge in [0, 0.05) is 23.5 Å². The van der Waals surface area contributed by atoms with Gasteiger partial charge in [0.05, 0.1) is 6.61 Å². The standard InChI is InChI=1S/C15H16N2O2/c16-13-8-6-12(7-9-13)15(19)17(10-11-18)14-4-2-1-3-5-14/h1-9,18H,10-11,16H2. The molecular weight excluding hydrogens is 240 g/mol. The molecule has 2 rings (SSSR count). The minimum Gasteiger partial charge on any atom is -0.399 e. The highest BCUT2D eigenvalue weighted by Crippen LogP contribution is 2.17. The van der Waals surface area contributed by atoms with Crippen LogP contribution in [0.5, 0.6) is 0 Å².